The Morgan fingerprint density at radius 2 is 2.09 bits per heavy atom. The lowest BCUT2D eigenvalue weighted by atomic mass is 10.2. The zero-order valence-corrected chi connectivity index (χ0v) is 12.9. The maximum Gasteiger partial charge on any atom is 0.280 e. The number of benzene rings is 1. The van der Waals surface area contributed by atoms with E-state index in [0.717, 1.165) is 5.56 Å². The third-order valence-corrected chi connectivity index (χ3v) is 3.08. The Balaban J connectivity index is 1.93. The van der Waals surface area contributed by atoms with Gasteiger partial charge in [-0.2, -0.15) is 10.4 Å². The highest BCUT2D eigenvalue weighted by Crippen LogP contribution is 2.13. The van der Waals surface area contributed by atoms with Gasteiger partial charge in [0.15, 0.2) is 6.10 Å². The van der Waals surface area contributed by atoms with Gasteiger partial charge in [0.25, 0.3) is 5.91 Å². The van der Waals surface area contributed by atoms with Crippen LogP contribution in [0.4, 0.5) is 0 Å². The van der Waals surface area contributed by atoms with Crippen molar-refractivity contribution in [1.82, 2.24) is 10.4 Å². The lowest BCUT2D eigenvalue weighted by molar-refractivity contribution is -0.127. The number of hydrogen-bond donors (Lipinski definition) is 1. The van der Waals surface area contributed by atoms with E-state index in [9.17, 15) is 4.79 Å². The molecule has 6 nitrogen and oxygen atoms in total. The van der Waals surface area contributed by atoms with Crippen molar-refractivity contribution < 1.29 is 9.53 Å². The minimum atomic E-state index is -0.714. The lowest BCUT2D eigenvalue weighted by Crippen LogP contribution is -2.33. The number of pyridine rings is 1. The molecule has 1 heterocycles. The SMILES string of the molecule is C/C(=N/NC(=O)[C@H](C)Oc1ccc(C#N)cc1)c1cccnc1. The summed E-state index contributed by atoms with van der Waals surface area (Å²) >= 11 is 0. The molecule has 1 amide bonds. The first-order chi connectivity index (χ1) is 11.1. The number of ether oxygens (including phenoxy) is 1. The first kappa shape index (κ1) is 16.2. The van der Waals surface area contributed by atoms with Crippen LogP contribution >= 0.6 is 0 Å². The summed E-state index contributed by atoms with van der Waals surface area (Å²) in [5, 5.41) is 12.8. The molecule has 6 heteroatoms. The van der Waals surface area contributed by atoms with Crippen LogP contribution in [0, 0.1) is 11.3 Å². The second-order valence-corrected chi connectivity index (χ2v) is 4.81. The molecule has 0 aliphatic carbocycles. The van der Waals surface area contributed by atoms with Crippen molar-refractivity contribution in [2.75, 3.05) is 0 Å². The molecule has 0 radical (unpaired) electrons. The minimum absolute atomic E-state index is 0.363. The summed E-state index contributed by atoms with van der Waals surface area (Å²) in [5.74, 6) is 0.150. The summed E-state index contributed by atoms with van der Waals surface area (Å²) in [6, 6.07) is 12.2. The maximum absolute atomic E-state index is 12.0. The maximum atomic E-state index is 12.0. The van der Waals surface area contributed by atoms with Gasteiger partial charge < -0.3 is 4.74 Å². The molecule has 0 fully saturated rings. The van der Waals surface area contributed by atoms with E-state index in [4.69, 9.17) is 10.00 Å². The largest absolute Gasteiger partial charge is 0.481 e. The molecule has 0 aliphatic rings. The Morgan fingerprint density at radius 3 is 2.70 bits per heavy atom. The van der Waals surface area contributed by atoms with Crippen LogP contribution < -0.4 is 10.2 Å². The van der Waals surface area contributed by atoms with Crippen molar-refractivity contribution in [3.63, 3.8) is 0 Å². The predicted molar refractivity (Wildman–Crippen MR) is 85.8 cm³/mol. The van der Waals surface area contributed by atoms with E-state index in [0.29, 0.717) is 17.0 Å². The van der Waals surface area contributed by atoms with Crippen molar-refractivity contribution in [2.24, 2.45) is 5.10 Å². The number of rotatable bonds is 5. The second kappa shape index (κ2) is 7.71. The molecule has 1 aromatic heterocycles. The van der Waals surface area contributed by atoms with Gasteiger partial charge in [-0.05, 0) is 44.2 Å². The molecule has 23 heavy (non-hydrogen) atoms. The minimum Gasteiger partial charge on any atom is -0.481 e. The fourth-order valence-corrected chi connectivity index (χ4v) is 1.74. The van der Waals surface area contributed by atoms with Crippen molar-refractivity contribution in [2.45, 2.75) is 20.0 Å². The van der Waals surface area contributed by atoms with Gasteiger partial charge in [-0.1, -0.05) is 6.07 Å². The zero-order chi connectivity index (χ0) is 16.7. The molecule has 2 rings (SSSR count). The van der Waals surface area contributed by atoms with Crippen LogP contribution in [-0.4, -0.2) is 22.7 Å². The number of nitrogens with one attached hydrogen (secondary N) is 1. The summed E-state index contributed by atoms with van der Waals surface area (Å²) in [6.07, 6.45) is 2.62. The number of nitrogens with zero attached hydrogens (tertiary/aromatic N) is 3. The quantitative estimate of drug-likeness (QED) is 0.678. The number of hydrazone groups is 1. The number of carbonyl (C=O) groups is 1. The number of aromatic nitrogens is 1. The zero-order valence-electron chi connectivity index (χ0n) is 12.9. The monoisotopic (exact) mass is 308 g/mol. The Morgan fingerprint density at radius 1 is 1.35 bits per heavy atom. The normalized spacial score (nSPS) is 12.1. The van der Waals surface area contributed by atoms with E-state index in [1.807, 2.05) is 12.1 Å². The summed E-state index contributed by atoms with van der Waals surface area (Å²) in [5.41, 5.74) is 4.48. The molecular formula is C17H16N4O2. The third-order valence-electron chi connectivity index (χ3n) is 3.08. The molecule has 0 saturated carbocycles. The highest BCUT2D eigenvalue weighted by Gasteiger charge is 2.14. The summed E-state index contributed by atoms with van der Waals surface area (Å²) in [4.78, 5) is 16.0. The van der Waals surface area contributed by atoms with E-state index in [2.05, 4.69) is 15.5 Å². The van der Waals surface area contributed by atoms with Gasteiger partial charge in [0.2, 0.25) is 0 Å². The Labute approximate surface area is 134 Å². The van der Waals surface area contributed by atoms with Crippen molar-refractivity contribution in [3.8, 4) is 11.8 Å². The average molecular weight is 308 g/mol. The van der Waals surface area contributed by atoms with E-state index < -0.39 is 6.10 Å². The van der Waals surface area contributed by atoms with Crippen LogP contribution in [0.15, 0.2) is 53.9 Å². The van der Waals surface area contributed by atoms with E-state index in [-0.39, 0.29) is 5.91 Å². The summed E-state index contributed by atoms with van der Waals surface area (Å²) in [7, 11) is 0. The van der Waals surface area contributed by atoms with Crippen LogP contribution in [0.2, 0.25) is 0 Å². The van der Waals surface area contributed by atoms with E-state index >= 15 is 0 Å². The van der Waals surface area contributed by atoms with Crippen LogP contribution in [0.1, 0.15) is 25.0 Å². The molecule has 2 aromatic rings. The van der Waals surface area contributed by atoms with Gasteiger partial charge in [-0.3, -0.25) is 9.78 Å². The standard InChI is InChI=1S/C17H16N4O2/c1-12(15-4-3-9-19-11-15)20-21-17(22)13(2)23-16-7-5-14(10-18)6-8-16/h3-9,11,13H,1-2H3,(H,21,22)/b20-12-/t13-/m0/s1. The molecule has 0 aliphatic heterocycles. The molecule has 1 aromatic carbocycles. The number of hydrogen-bond acceptors (Lipinski definition) is 5. The van der Waals surface area contributed by atoms with Gasteiger partial charge in [0.1, 0.15) is 5.75 Å². The molecule has 1 N–H and O–H groups in total. The van der Waals surface area contributed by atoms with Gasteiger partial charge >= 0.3 is 0 Å². The van der Waals surface area contributed by atoms with Gasteiger partial charge in [-0.25, -0.2) is 5.43 Å². The van der Waals surface area contributed by atoms with Crippen molar-refractivity contribution in [1.29, 1.82) is 5.26 Å². The number of carbonyl (C=O) groups excluding carboxylic acids is 1. The molecule has 0 saturated heterocycles. The predicted octanol–water partition coefficient (Wildman–Crippen LogP) is 2.26. The van der Waals surface area contributed by atoms with E-state index in [1.165, 1.54) is 0 Å². The third kappa shape index (κ3) is 4.64. The van der Waals surface area contributed by atoms with Gasteiger partial charge in [0, 0.05) is 18.0 Å². The lowest BCUT2D eigenvalue weighted by Gasteiger charge is -2.13. The second-order valence-electron chi connectivity index (χ2n) is 4.81. The van der Waals surface area contributed by atoms with Crippen LogP contribution in [0.25, 0.3) is 0 Å². The number of amides is 1. The molecule has 0 spiro atoms. The topological polar surface area (TPSA) is 87.4 Å². The molecule has 0 bridgehead atoms. The molecular weight excluding hydrogens is 292 g/mol. The molecule has 116 valence electrons. The van der Waals surface area contributed by atoms with Gasteiger partial charge in [-0.15, -0.1) is 0 Å². The van der Waals surface area contributed by atoms with Crippen LogP contribution in [-0.2, 0) is 4.79 Å². The molecule has 0 unspecified atom stereocenters. The van der Waals surface area contributed by atoms with Crippen LogP contribution in [0.5, 0.6) is 5.75 Å². The first-order valence-corrected chi connectivity index (χ1v) is 7.01. The summed E-state index contributed by atoms with van der Waals surface area (Å²) < 4.78 is 5.51. The van der Waals surface area contributed by atoms with E-state index in [1.54, 1.807) is 56.6 Å². The van der Waals surface area contributed by atoms with Crippen LogP contribution in [0.3, 0.4) is 0 Å². The fourth-order valence-electron chi connectivity index (χ4n) is 1.74. The van der Waals surface area contributed by atoms with Crippen molar-refractivity contribution in [3.05, 3.63) is 59.9 Å². The highest BCUT2D eigenvalue weighted by atomic mass is 16.5. The first-order valence-electron chi connectivity index (χ1n) is 7.01. The number of nitriles is 1. The molecule has 1 atom stereocenters. The Bertz CT molecular complexity index is 733. The van der Waals surface area contributed by atoms with Gasteiger partial charge in [0.05, 0.1) is 17.3 Å². The average Bonchev–Trinajstić information content (AvgIpc) is 2.60. The smallest absolute Gasteiger partial charge is 0.280 e. The highest BCUT2D eigenvalue weighted by molar-refractivity contribution is 5.99. The Kier molecular flexibility index (Phi) is 5.42. The van der Waals surface area contributed by atoms with Crippen molar-refractivity contribution >= 4 is 11.6 Å². The Hall–Kier alpha value is -3.20. The fraction of sp³-hybridized carbons (Fsp3) is 0.176. The summed E-state index contributed by atoms with van der Waals surface area (Å²) in [6.45, 7) is 3.41.